The Hall–Kier alpha value is -1.39. The van der Waals surface area contributed by atoms with Crippen LogP contribution in [0.4, 0.5) is 0 Å². The van der Waals surface area contributed by atoms with Gasteiger partial charge >= 0.3 is 0 Å². The van der Waals surface area contributed by atoms with Crippen molar-refractivity contribution in [1.29, 1.82) is 0 Å². The van der Waals surface area contributed by atoms with Crippen LogP contribution < -0.4 is 11.1 Å². The molecular formula is C17H28N2O2. The van der Waals surface area contributed by atoms with E-state index in [1.165, 1.54) is 5.56 Å². The minimum atomic E-state index is -0.471. The molecule has 0 saturated heterocycles. The largest absolute Gasteiger partial charge is 0.396 e. The van der Waals surface area contributed by atoms with Crippen molar-refractivity contribution in [2.75, 3.05) is 13.2 Å². The first-order valence-electron chi connectivity index (χ1n) is 7.85. The number of amides is 1. The normalized spacial score (nSPS) is 13.7. The van der Waals surface area contributed by atoms with Gasteiger partial charge in [0.25, 0.3) is 0 Å². The summed E-state index contributed by atoms with van der Waals surface area (Å²) in [6.45, 7) is 2.88. The van der Waals surface area contributed by atoms with Crippen LogP contribution in [0.3, 0.4) is 0 Å². The molecular weight excluding hydrogens is 264 g/mol. The maximum Gasteiger partial charge on any atom is 0.236 e. The lowest BCUT2D eigenvalue weighted by Gasteiger charge is -2.18. The molecule has 21 heavy (non-hydrogen) atoms. The van der Waals surface area contributed by atoms with Crippen LogP contribution in [0.5, 0.6) is 0 Å². The summed E-state index contributed by atoms with van der Waals surface area (Å²) in [5.74, 6) is 0.246. The van der Waals surface area contributed by atoms with Gasteiger partial charge in [-0.2, -0.15) is 0 Å². The first-order valence-corrected chi connectivity index (χ1v) is 7.85. The lowest BCUT2D eigenvalue weighted by molar-refractivity contribution is -0.122. The maximum atomic E-state index is 12.0. The summed E-state index contributed by atoms with van der Waals surface area (Å²) in [7, 11) is 0. The Morgan fingerprint density at radius 2 is 1.95 bits per heavy atom. The lowest BCUT2D eigenvalue weighted by atomic mass is 10.00. The number of aryl methyl sites for hydroxylation is 1. The van der Waals surface area contributed by atoms with Crippen LogP contribution in [0.25, 0.3) is 0 Å². The van der Waals surface area contributed by atoms with Crippen LogP contribution in [0.1, 0.15) is 38.2 Å². The molecule has 0 bridgehead atoms. The third-order valence-corrected chi connectivity index (χ3v) is 3.72. The van der Waals surface area contributed by atoms with Gasteiger partial charge in [-0.3, -0.25) is 4.79 Å². The van der Waals surface area contributed by atoms with Crippen molar-refractivity contribution >= 4 is 5.91 Å². The molecule has 0 aliphatic carbocycles. The highest BCUT2D eigenvalue weighted by atomic mass is 16.3. The predicted molar refractivity (Wildman–Crippen MR) is 85.8 cm³/mol. The predicted octanol–water partition coefficient (Wildman–Crippen LogP) is 1.86. The van der Waals surface area contributed by atoms with E-state index in [0.29, 0.717) is 18.9 Å². The fourth-order valence-corrected chi connectivity index (χ4v) is 2.41. The number of nitrogens with one attached hydrogen (secondary N) is 1. The number of aliphatic hydroxyl groups excluding tert-OH is 1. The first kappa shape index (κ1) is 17.7. The van der Waals surface area contributed by atoms with Crippen LogP contribution in [0.15, 0.2) is 30.3 Å². The van der Waals surface area contributed by atoms with Crippen molar-refractivity contribution in [1.82, 2.24) is 5.32 Å². The Kier molecular flexibility index (Phi) is 8.71. The average molecular weight is 292 g/mol. The fourth-order valence-electron chi connectivity index (χ4n) is 2.41. The second-order valence-electron chi connectivity index (χ2n) is 5.54. The van der Waals surface area contributed by atoms with Crippen molar-refractivity contribution in [3.8, 4) is 0 Å². The highest BCUT2D eigenvalue weighted by molar-refractivity contribution is 5.81. The van der Waals surface area contributed by atoms with Gasteiger partial charge in [-0.1, -0.05) is 43.7 Å². The quantitative estimate of drug-likeness (QED) is 0.616. The molecule has 0 spiro atoms. The van der Waals surface area contributed by atoms with Gasteiger partial charge in [0.1, 0.15) is 0 Å². The minimum absolute atomic E-state index is 0.0926. The minimum Gasteiger partial charge on any atom is -0.396 e. The number of benzene rings is 1. The van der Waals surface area contributed by atoms with E-state index in [4.69, 9.17) is 10.8 Å². The molecule has 0 aromatic heterocycles. The van der Waals surface area contributed by atoms with Gasteiger partial charge in [-0.15, -0.1) is 0 Å². The summed E-state index contributed by atoms with van der Waals surface area (Å²) in [5.41, 5.74) is 7.14. The SMILES string of the molecule is CCCC(CCO)CNC(=O)C(N)CCc1ccccc1. The maximum absolute atomic E-state index is 12.0. The van der Waals surface area contributed by atoms with Crippen LogP contribution in [-0.2, 0) is 11.2 Å². The average Bonchev–Trinajstić information content (AvgIpc) is 2.51. The summed E-state index contributed by atoms with van der Waals surface area (Å²) < 4.78 is 0. The van der Waals surface area contributed by atoms with E-state index in [1.807, 2.05) is 30.3 Å². The molecule has 4 N–H and O–H groups in total. The number of rotatable bonds is 10. The van der Waals surface area contributed by atoms with Gasteiger partial charge in [-0.05, 0) is 37.2 Å². The Morgan fingerprint density at radius 1 is 1.24 bits per heavy atom. The monoisotopic (exact) mass is 292 g/mol. The molecule has 0 aliphatic heterocycles. The molecule has 1 aromatic rings. The van der Waals surface area contributed by atoms with Crippen LogP contribution in [0.2, 0.25) is 0 Å². The van der Waals surface area contributed by atoms with Gasteiger partial charge in [-0.25, -0.2) is 0 Å². The molecule has 1 rings (SSSR count). The van der Waals surface area contributed by atoms with E-state index in [-0.39, 0.29) is 12.5 Å². The fraction of sp³-hybridized carbons (Fsp3) is 0.588. The third-order valence-electron chi connectivity index (χ3n) is 3.72. The standard InChI is InChI=1S/C17H28N2O2/c1-2-6-15(11-12-20)13-19-17(21)16(18)10-9-14-7-4-3-5-8-14/h3-5,7-8,15-16,20H,2,6,9-13,18H2,1H3,(H,19,21). The van der Waals surface area contributed by atoms with Crippen LogP contribution >= 0.6 is 0 Å². The van der Waals surface area contributed by atoms with Gasteiger partial charge in [0, 0.05) is 13.2 Å². The van der Waals surface area contributed by atoms with Crippen LogP contribution in [-0.4, -0.2) is 30.2 Å². The molecule has 1 amide bonds. The van der Waals surface area contributed by atoms with Gasteiger partial charge in [0.05, 0.1) is 6.04 Å². The topological polar surface area (TPSA) is 75.3 Å². The molecule has 0 fully saturated rings. The molecule has 4 heteroatoms. The number of carbonyl (C=O) groups excluding carboxylic acids is 1. The second kappa shape index (κ2) is 10.4. The van der Waals surface area contributed by atoms with Gasteiger partial charge in [0.2, 0.25) is 5.91 Å². The van der Waals surface area contributed by atoms with Crippen molar-refractivity contribution in [3.05, 3.63) is 35.9 Å². The summed E-state index contributed by atoms with van der Waals surface area (Å²) in [4.78, 5) is 12.0. The van der Waals surface area contributed by atoms with Crippen molar-refractivity contribution in [2.45, 2.75) is 45.1 Å². The Morgan fingerprint density at radius 3 is 2.57 bits per heavy atom. The van der Waals surface area contributed by atoms with E-state index >= 15 is 0 Å². The first-order chi connectivity index (χ1) is 10.2. The number of hydrogen-bond donors (Lipinski definition) is 3. The number of hydrogen-bond acceptors (Lipinski definition) is 3. The molecule has 0 heterocycles. The molecule has 0 saturated carbocycles. The summed E-state index contributed by atoms with van der Waals surface area (Å²) >= 11 is 0. The van der Waals surface area contributed by atoms with E-state index in [0.717, 1.165) is 25.7 Å². The summed E-state index contributed by atoms with van der Waals surface area (Å²) in [6.07, 6.45) is 4.26. The van der Waals surface area contributed by atoms with Crippen LogP contribution in [0, 0.1) is 5.92 Å². The second-order valence-corrected chi connectivity index (χ2v) is 5.54. The summed E-state index contributed by atoms with van der Waals surface area (Å²) in [6, 6.07) is 9.58. The zero-order valence-electron chi connectivity index (χ0n) is 12.9. The Bertz CT molecular complexity index is 389. The van der Waals surface area contributed by atoms with Gasteiger partial charge in [0.15, 0.2) is 0 Å². The number of nitrogens with two attached hydrogens (primary N) is 1. The van der Waals surface area contributed by atoms with E-state index in [1.54, 1.807) is 0 Å². The molecule has 4 nitrogen and oxygen atoms in total. The molecule has 1 aromatic carbocycles. The highest BCUT2D eigenvalue weighted by Crippen LogP contribution is 2.09. The van der Waals surface area contributed by atoms with Crippen molar-refractivity contribution < 1.29 is 9.90 Å². The summed E-state index contributed by atoms with van der Waals surface area (Å²) in [5, 5.41) is 11.9. The molecule has 0 radical (unpaired) electrons. The van der Waals surface area contributed by atoms with Gasteiger partial charge < -0.3 is 16.2 Å². The van der Waals surface area contributed by atoms with E-state index in [2.05, 4.69) is 12.2 Å². The molecule has 0 aliphatic rings. The van der Waals surface area contributed by atoms with Crippen molar-refractivity contribution in [3.63, 3.8) is 0 Å². The van der Waals surface area contributed by atoms with E-state index < -0.39 is 6.04 Å². The lowest BCUT2D eigenvalue weighted by Crippen LogP contribution is -2.42. The molecule has 2 unspecified atom stereocenters. The smallest absolute Gasteiger partial charge is 0.236 e. The highest BCUT2D eigenvalue weighted by Gasteiger charge is 2.15. The van der Waals surface area contributed by atoms with E-state index in [9.17, 15) is 4.79 Å². The number of aliphatic hydroxyl groups is 1. The zero-order chi connectivity index (χ0) is 15.5. The Labute approximate surface area is 127 Å². The third kappa shape index (κ3) is 7.25. The Balaban J connectivity index is 2.30. The number of carbonyl (C=O) groups is 1. The zero-order valence-corrected chi connectivity index (χ0v) is 12.9. The molecule has 2 atom stereocenters. The van der Waals surface area contributed by atoms with Crippen molar-refractivity contribution in [2.24, 2.45) is 11.7 Å². The molecule has 118 valence electrons.